The van der Waals surface area contributed by atoms with Crippen molar-refractivity contribution in [2.45, 2.75) is 19.4 Å². The summed E-state index contributed by atoms with van der Waals surface area (Å²) in [6.07, 6.45) is 0. The fraction of sp³-hybridized carbons (Fsp3) is 0.391. The first kappa shape index (κ1) is 21.0. The summed E-state index contributed by atoms with van der Waals surface area (Å²) in [6, 6.07) is 11.3. The topological polar surface area (TPSA) is 103 Å². The summed E-state index contributed by atoms with van der Waals surface area (Å²) in [4.78, 5) is 16.0. The van der Waals surface area contributed by atoms with Gasteiger partial charge in [0.15, 0.2) is 0 Å². The van der Waals surface area contributed by atoms with E-state index in [0.29, 0.717) is 42.4 Å². The first-order chi connectivity index (χ1) is 15.0. The Hall–Kier alpha value is -3.28. The van der Waals surface area contributed by atoms with Gasteiger partial charge in [-0.2, -0.15) is 5.26 Å². The summed E-state index contributed by atoms with van der Waals surface area (Å²) < 4.78 is 18.4. The van der Waals surface area contributed by atoms with Crippen molar-refractivity contribution in [1.29, 1.82) is 5.26 Å². The van der Waals surface area contributed by atoms with Crippen molar-refractivity contribution < 1.29 is 14.2 Å². The minimum absolute atomic E-state index is 0.00997. The smallest absolute Gasteiger partial charge is 0.258 e. The number of fused-ring (bicyclic) bond motifs is 1. The van der Waals surface area contributed by atoms with Crippen LogP contribution in [0.25, 0.3) is 0 Å². The van der Waals surface area contributed by atoms with E-state index in [9.17, 15) is 10.1 Å². The summed E-state index contributed by atoms with van der Waals surface area (Å²) in [5, 5.41) is 9.83. The number of rotatable bonds is 5. The Bertz CT molecular complexity index is 1110. The van der Waals surface area contributed by atoms with Crippen molar-refractivity contribution in [2.75, 3.05) is 40.0 Å². The lowest BCUT2D eigenvalue weighted by atomic mass is 9.83. The van der Waals surface area contributed by atoms with Crippen LogP contribution in [-0.2, 0) is 11.3 Å². The zero-order valence-electron chi connectivity index (χ0n) is 17.8. The first-order valence-electron chi connectivity index (χ1n) is 10.3. The van der Waals surface area contributed by atoms with Crippen LogP contribution in [0.2, 0.25) is 0 Å². The molecule has 2 N–H and O–H groups in total. The molecule has 2 aromatic rings. The van der Waals surface area contributed by atoms with Gasteiger partial charge in [0.1, 0.15) is 23.1 Å². The highest BCUT2D eigenvalue weighted by Gasteiger charge is 2.35. The van der Waals surface area contributed by atoms with E-state index < -0.39 is 5.92 Å². The Labute approximate surface area is 181 Å². The number of benzene rings is 1. The predicted octanol–water partition coefficient (Wildman–Crippen LogP) is 1.72. The minimum atomic E-state index is -0.660. The zero-order chi connectivity index (χ0) is 22.0. The van der Waals surface area contributed by atoms with E-state index in [1.807, 2.05) is 31.2 Å². The van der Waals surface area contributed by atoms with E-state index in [1.165, 1.54) is 0 Å². The number of ether oxygens (including phenoxy) is 3. The molecule has 2 aliphatic rings. The first-order valence-corrected chi connectivity index (χ1v) is 10.3. The average molecular weight is 422 g/mol. The fourth-order valence-corrected chi connectivity index (χ4v) is 4.25. The second-order valence-corrected chi connectivity index (χ2v) is 7.64. The van der Waals surface area contributed by atoms with E-state index in [1.54, 1.807) is 17.7 Å². The van der Waals surface area contributed by atoms with Gasteiger partial charge in [-0.05, 0) is 13.0 Å². The molecular formula is C23H26N4O4. The van der Waals surface area contributed by atoms with Gasteiger partial charge in [0.2, 0.25) is 5.88 Å². The molecule has 31 heavy (non-hydrogen) atoms. The lowest BCUT2D eigenvalue weighted by Crippen LogP contribution is -2.40. The summed E-state index contributed by atoms with van der Waals surface area (Å²) in [5.74, 6) is 0.321. The number of pyridine rings is 1. The molecule has 1 atom stereocenters. The van der Waals surface area contributed by atoms with Crippen LogP contribution in [0.3, 0.4) is 0 Å². The van der Waals surface area contributed by atoms with Gasteiger partial charge in [-0.3, -0.25) is 9.69 Å². The molecule has 1 saturated heterocycles. The van der Waals surface area contributed by atoms with E-state index >= 15 is 0 Å². The number of morpholine rings is 1. The molecule has 0 bridgehead atoms. The number of hydrogen-bond acceptors (Lipinski definition) is 7. The van der Waals surface area contributed by atoms with Crippen LogP contribution in [0.1, 0.15) is 22.7 Å². The van der Waals surface area contributed by atoms with Crippen molar-refractivity contribution >= 4 is 0 Å². The van der Waals surface area contributed by atoms with Crippen LogP contribution < -0.4 is 20.8 Å². The molecule has 162 valence electrons. The van der Waals surface area contributed by atoms with Crippen LogP contribution in [0.5, 0.6) is 11.5 Å². The van der Waals surface area contributed by atoms with E-state index in [0.717, 1.165) is 25.3 Å². The quantitative estimate of drug-likeness (QED) is 0.783. The molecule has 1 fully saturated rings. The molecular weight excluding hydrogens is 396 g/mol. The van der Waals surface area contributed by atoms with E-state index in [2.05, 4.69) is 11.0 Å². The third kappa shape index (κ3) is 3.90. The number of hydrogen-bond donors (Lipinski definition) is 1. The van der Waals surface area contributed by atoms with Gasteiger partial charge in [-0.15, -0.1) is 0 Å². The van der Waals surface area contributed by atoms with Gasteiger partial charge in [-0.1, -0.05) is 18.2 Å². The van der Waals surface area contributed by atoms with Crippen molar-refractivity contribution in [2.24, 2.45) is 5.73 Å². The molecule has 8 nitrogen and oxygen atoms in total. The summed E-state index contributed by atoms with van der Waals surface area (Å²) >= 11 is 0. The third-order valence-electron chi connectivity index (χ3n) is 5.88. The van der Waals surface area contributed by atoms with Gasteiger partial charge < -0.3 is 24.5 Å². The molecule has 8 heteroatoms. The molecule has 3 heterocycles. The lowest BCUT2D eigenvalue weighted by Gasteiger charge is -2.29. The second kappa shape index (κ2) is 8.84. The number of nitrogens with two attached hydrogens (primary N) is 1. The summed E-state index contributed by atoms with van der Waals surface area (Å²) in [5.41, 5.74) is 8.00. The highest BCUT2D eigenvalue weighted by Crippen LogP contribution is 2.43. The minimum Gasteiger partial charge on any atom is -0.496 e. The van der Waals surface area contributed by atoms with Gasteiger partial charge >= 0.3 is 0 Å². The van der Waals surface area contributed by atoms with Crippen LogP contribution in [-0.4, -0.2) is 49.4 Å². The fourth-order valence-electron chi connectivity index (χ4n) is 4.25. The number of para-hydroxylation sites is 1. The van der Waals surface area contributed by atoms with E-state index in [4.69, 9.17) is 19.9 Å². The lowest BCUT2D eigenvalue weighted by molar-refractivity contribution is 0.0362. The van der Waals surface area contributed by atoms with Gasteiger partial charge in [0, 0.05) is 43.5 Å². The number of aryl methyl sites for hydroxylation is 1. The average Bonchev–Trinajstić information content (AvgIpc) is 2.78. The highest BCUT2D eigenvalue weighted by atomic mass is 16.5. The van der Waals surface area contributed by atoms with Gasteiger partial charge in [-0.25, -0.2) is 0 Å². The van der Waals surface area contributed by atoms with Crippen LogP contribution in [0.15, 0.2) is 46.6 Å². The Kier molecular flexibility index (Phi) is 5.98. The van der Waals surface area contributed by atoms with Crippen molar-refractivity contribution in [3.8, 4) is 17.6 Å². The van der Waals surface area contributed by atoms with E-state index in [-0.39, 0.29) is 17.0 Å². The number of nitrogens with zero attached hydrogens (tertiary/aromatic N) is 3. The molecule has 0 saturated carbocycles. The number of methoxy groups -OCH3 is 1. The van der Waals surface area contributed by atoms with Gasteiger partial charge in [0.25, 0.3) is 5.56 Å². The monoisotopic (exact) mass is 422 g/mol. The standard InChI is InChI=1S/C23H26N4O4/c1-15-13-19-21(23(28)27(15)8-7-26-9-11-30-12-10-26)20(17(14-24)22(25)31-19)16-5-3-4-6-18(16)29-2/h3-6,13,20H,7-12,25H2,1-2H3. The second-order valence-electron chi connectivity index (χ2n) is 7.64. The molecule has 4 rings (SSSR count). The number of nitriles is 1. The van der Waals surface area contributed by atoms with Crippen LogP contribution in [0.4, 0.5) is 0 Å². The Balaban J connectivity index is 1.81. The summed E-state index contributed by atoms with van der Waals surface area (Å²) in [7, 11) is 1.56. The SMILES string of the molecule is COc1ccccc1C1C(C#N)=C(N)Oc2cc(C)n(CCN3CCOCC3)c(=O)c21. The Morgan fingerprint density at radius 2 is 2.00 bits per heavy atom. The molecule has 0 amide bonds. The zero-order valence-corrected chi connectivity index (χ0v) is 17.8. The van der Waals surface area contributed by atoms with Crippen molar-refractivity contribution in [3.05, 3.63) is 69.0 Å². The molecule has 0 radical (unpaired) electrons. The maximum Gasteiger partial charge on any atom is 0.258 e. The Morgan fingerprint density at radius 1 is 1.26 bits per heavy atom. The number of aromatic nitrogens is 1. The largest absolute Gasteiger partial charge is 0.496 e. The maximum absolute atomic E-state index is 13.7. The van der Waals surface area contributed by atoms with Crippen LogP contribution >= 0.6 is 0 Å². The number of allylic oxidation sites excluding steroid dienone is 1. The van der Waals surface area contributed by atoms with Crippen molar-refractivity contribution in [1.82, 2.24) is 9.47 Å². The molecule has 0 aliphatic carbocycles. The van der Waals surface area contributed by atoms with Crippen LogP contribution in [0, 0.1) is 18.3 Å². The van der Waals surface area contributed by atoms with Gasteiger partial charge in [0.05, 0.1) is 31.8 Å². The third-order valence-corrected chi connectivity index (χ3v) is 5.88. The maximum atomic E-state index is 13.7. The molecule has 1 aromatic carbocycles. The van der Waals surface area contributed by atoms with Crippen molar-refractivity contribution in [3.63, 3.8) is 0 Å². The highest BCUT2D eigenvalue weighted by molar-refractivity contribution is 5.58. The Morgan fingerprint density at radius 3 is 2.71 bits per heavy atom. The molecule has 0 spiro atoms. The molecule has 2 aliphatic heterocycles. The molecule has 1 aromatic heterocycles. The summed E-state index contributed by atoms with van der Waals surface area (Å²) in [6.45, 7) is 6.27. The normalized spacial score (nSPS) is 18.8. The molecule has 1 unspecified atom stereocenters. The predicted molar refractivity (Wildman–Crippen MR) is 115 cm³/mol.